The van der Waals surface area contributed by atoms with E-state index in [1.54, 1.807) is 0 Å². The zero-order valence-corrected chi connectivity index (χ0v) is 15.5. The molecule has 24 heavy (non-hydrogen) atoms. The van der Waals surface area contributed by atoms with Crippen molar-refractivity contribution in [3.63, 3.8) is 0 Å². The van der Waals surface area contributed by atoms with Crippen molar-refractivity contribution in [3.8, 4) is 0 Å². The molecule has 1 fully saturated rings. The number of carbonyl (C=O) groups is 1. The van der Waals surface area contributed by atoms with Gasteiger partial charge in [0, 0.05) is 41.3 Å². The Kier molecular flexibility index (Phi) is 6.30. The summed E-state index contributed by atoms with van der Waals surface area (Å²) < 4.78 is 2.28. The average Bonchev–Trinajstić information content (AvgIpc) is 2.89. The molecule has 2 atom stereocenters. The van der Waals surface area contributed by atoms with Gasteiger partial charge in [-0.05, 0) is 56.5 Å². The smallest absolute Gasteiger partial charge is 0.227 e. The van der Waals surface area contributed by atoms with Crippen molar-refractivity contribution in [2.75, 3.05) is 11.9 Å². The molecule has 1 aliphatic rings. The molecule has 0 bridgehead atoms. The number of hydrogen-bond acceptors (Lipinski definition) is 2. The summed E-state index contributed by atoms with van der Waals surface area (Å²) in [4.78, 5) is 12.5. The number of anilines is 1. The number of benzene rings is 1. The van der Waals surface area contributed by atoms with Gasteiger partial charge in [0.15, 0.2) is 0 Å². The van der Waals surface area contributed by atoms with Crippen molar-refractivity contribution in [2.24, 2.45) is 11.8 Å². The van der Waals surface area contributed by atoms with E-state index in [9.17, 15) is 4.79 Å². The minimum atomic E-state index is 0. The Bertz CT molecular complexity index is 695. The molecule has 5 heteroatoms. The molecule has 0 saturated carbocycles. The predicted octanol–water partition coefficient (Wildman–Crippen LogP) is 4.05. The molecule has 0 unspecified atom stereocenters. The molecule has 2 N–H and O–H groups in total. The van der Waals surface area contributed by atoms with E-state index in [0.717, 1.165) is 31.6 Å². The highest BCUT2D eigenvalue weighted by molar-refractivity contribution is 5.95. The maximum absolute atomic E-state index is 12.5. The highest BCUT2D eigenvalue weighted by atomic mass is 35.5. The van der Waals surface area contributed by atoms with Crippen LogP contribution in [0.3, 0.4) is 0 Å². The molecule has 0 radical (unpaired) electrons. The van der Waals surface area contributed by atoms with E-state index in [4.69, 9.17) is 0 Å². The van der Waals surface area contributed by atoms with Gasteiger partial charge in [0.25, 0.3) is 0 Å². The fourth-order valence-corrected chi connectivity index (χ4v) is 3.44. The number of amides is 1. The molecule has 2 heterocycles. The van der Waals surface area contributed by atoms with Gasteiger partial charge in [0.2, 0.25) is 5.91 Å². The summed E-state index contributed by atoms with van der Waals surface area (Å²) in [6.07, 6.45) is 3.97. The number of aromatic nitrogens is 1. The molecule has 1 aromatic carbocycles. The highest BCUT2D eigenvalue weighted by Gasteiger charge is 2.24. The van der Waals surface area contributed by atoms with Gasteiger partial charge in [-0.3, -0.25) is 4.79 Å². The van der Waals surface area contributed by atoms with Gasteiger partial charge in [-0.25, -0.2) is 0 Å². The summed E-state index contributed by atoms with van der Waals surface area (Å²) >= 11 is 0. The molecule has 0 aliphatic carbocycles. The fraction of sp³-hybridized carbons (Fsp3) is 0.526. The van der Waals surface area contributed by atoms with Crippen LogP contribution in [-0.2, 0) is 11.3 Å². The van der Waals surface area contributed by atoms with E-state index in [2.05, 4.69) is 60.4 Å². The number of hydrogen-bond donors (Lipinski definition) is 2. The lowest BCUT2D eigenvalue weighted by atomic mass is 9.92. The molecule has 0 spiro atoms. The SMILES string of the molecule is CC(C)Cn1ccc2cc(NC(=O)[C@H]3CCN[C@@H](C)C3)ccc21.Cl. The van der Waals surface area contributed by atoms with E-state index in [0.29, 0.717) is 12.0 Å². The van der Waals surface area contributed by atoms with Crippen LogP contribution in [0, 0.1) is 11.8 Å². The minimum Gasteiger partial charge on any atom is -0.347 e. The molecular formula is C19H28ClN3O. The second-order valence-corrected chi connectivity index (χ2v) is 7.20. The average molecular weight is 350 g/mol. The number of halogens is 1. The number of nitrogens with zero attached hydrogens (tertiary/aromatic N) is 1. The van der Waals surface area contributed by atoms with Crippen LogP contribution in [0.5, 0.6) is 0 Å². The van der Waals surface area contributed by atoms with Crippen molar-refractivity contribution in [1.29, 1.82) is 0 Å². The second-order valence-electron chi connectivity index (χ2n) is 7.20. The number of fused-ring (bicyclic) bond motifs is 1. The number of rotatable bonds is 4. The summed E-state index contributed by atoms with van der Waals surface area (Å²) in [6.45, 7) is 8.53. The largest absolute Gasteiger partial charge is 0.347 e. The van der Waals surface area contributed by atoms with Crippen LogP contribution in [0.15, 0.2) is 30.5 Å². The van der Waals surface area contributed by atoms with Crippen LogP contribution in [0.1, 0.15) is 33.6 Å². The summed E-state index contributed by atoms with van der Waals surface area (Å²) in [7, 11) is 0. The number of piperidine rings is 1. The van der Waals surface area contributed by atoms with Crippen LogP contribution in [0.4, 0.5) is 5.69 Å². The highest BCUT2D eigenvalue weighted by Crippen LogP contribution is 2.23. The molecule has 1 aromatic heterocycles. The molecule has 2 aromatic rings. The third kappa shape index (κ3) is 4.31. The van der Waals surface area contributed by atoms with Crippen molar-refractivity contribution in [3.05, 3.63) is 30.5 Å². The van der Waals surface area contributed by atoms with Gasteiger partial charge in [-0.1, -0.05) is 13.8 Å². The lowest BCUT2D eigenvalue weighted by Gasteiger charge is -2.27. The zero-order valence-electron chi connectivity index (χ0n) is 14.7. The molecular weight excluding hydrogens is 322 g/mol. The molecule has 1 amide bonds. The first-order valence-electron chi connectivity index (χ1n) is 8.66. The molecule has 3 rings (SSSR count). The van der Waals surface area contributed by atoms with Gasteiger partial charge >= 0.3 is 0 Å². The van der Waals surface area contributed by atoms with Crippen molar-refractivity contribution in [1.82, 2.24) is 9.88 Å². The Morgan fingerprint density at radius 1 is 1.38 bits per heavy atom. The Morgan fingerprint density at radius 2 is 2.17 bits per heavy atom. The van der Waals surface area contributed by atoms with Gasteiger partial charge in [-0.15, -0.1) is 12.4 Å². The molecule has 132 valence electrons. The lowest BCUT2D eigenvalue weighted by Crippen LogP contribution is -2.40. The third-order valence-electron chi connectivity index (χ3n) is 4.59. The Labute approximate surface area is 150 Å². The van der Waals surface area contributed by atoms with E-state index in [1.807, 2.05) is 6.07 Å². The summed E-state index contributed by atoms with van der Waals surface area (Å²) in [5, 5.41) is 7.67. The first-order chi connectivity index (χ1) is 11.0. The number of carbonyl (C=O) groups excluding carboxylic acids is 1. The quantitative estimate of drug-likeness (QED) is 0.874. The van der Waals surface area contributed by atoms with Crippen molar-refractivity contribution < 1.29 is 4.79 Å². The number of nitrogens with one attached hydrogen (secondary N) is 2. The van der Waals surface area contributed by atoms with E-state index in [-0.39, 0.29) is 24.2 Å². The fourth-order valence-electron chi connectivity index (χ4n) is 3.44. The van der Waals surface area contributed by atoms with Gasteiger partial charge in [-0.2, -0.15) is 0 Å². The van der Waals surface area contributed by atoms with Crippen LogP contribution in [0.25, 0.3) is 10.9 Å². The van der Waals surface area contributed by atoms with Crippen molar-refractivity contribution >= 4 is 34.9 Å². The van der Waals surface area contributed by atoms with Crippen LogP contribution >= 0.6 is 12.4 Å². The normalized spacial score (nSPS) is 20.8. The van der Waals surface area contributed by atoms with Crippen LogP contribution < -0.4 is 10.6 Å². The van der Waals surface area contributed by atoms with E-state index < -0.39 is 0 Å². The van der Waals surface area contributed by atoms with Gasteiger partial charge < -0.3 is 15.2 Å². The molecule has 4 nitrogen and oxygen atoms in total. The van der Waals surface area contributed by atoms with E-state index in [1.165, 1.54) is 10.9 Å². The topological polar surface area (TPSA) is 46.1 Å². The summed E-state index contributed by atoms with van der Waals surface area (Å²) in [5.41, 5.74) is 2.13. The standard InChI is InChI=1S/C19H27N3O.ClH/c1-13(2)12-22-9-7-15-11-17(4-5-18(15)22)21-19(23)16-6-8-20-14(3)10-16;/h4-5,7,9,11,13-14,16,20H,6,8,10,12H2,1-3H3,(H,21,23);1H/t14-,16-;/m0./s1. The lowest BCUT2D eigenvalue weighted by molar-refractivity contribution is -0.120. The second kappa shape index (κ2) is 8.04. The summed E-state index contributed by atoms with van der Waals surface area (Å²) in [6, 6.07) is 8.75. The minimum absolute atomic E-state index is 0. The Morgan fingerprint density at radius 3 is 2.88 bits per heavy atom. The zero-order chi connectivity index (χ0) is 16.4. The molecule has 1 saturated heterocycles. The maximum Gasteiger partial charge on any atom is 0.227 e. The van der Waals surface area contributed by atoms with Crippen LogP contribution in [0.2, 0.25) is 0 Å². The monoisotopic (exact) mass is 349 g/mol. The van der Waals surface area contributed by atoms with Gasteiger partial charge in [0.1, 0.15) is 0 Å². The predicted molar refractivity (Wildman–Crippen MR) is 103 cm³/mol. The maximum atomic E-state index is 12.5. The first-order valence-corrected chi connectivity index (χ1v) is 8.66. The first kappa shape index (κ1) is 18.8. The van der Waals surface area contributed by atoms with Crippen molar-refractivity contribution in [2.45, 2.75) is 46.2 Å². The Balaban J connectivity index is 0.00000208. The third-order valence-corrected chi connectivity index (χ3v) is 4.59. The van der Waals surface area contributed by atoms with Crippen LogP contribution in [-0.4, -0.2) is 23.1 Å². The molecule has 1 aliphatic heterocycles. The van der Waals surface area contributed by atoms with Gasteiger partial charge in [0.05, 0.1) is 0 Å². The Hall–Kier alpha value is -1.52. The van der Waals surface area contributed by atoms with E-state index >= 15 is 0 Å². The summed E-state index contributed by atoms with van der Waals surface area (Å²) in [5.74, 6) is 0.888.